The monoisotopic (exact) mass is 400 g/mol. The second-order valence-electron chi connectivity index (χ2n) is 7.09. The van der Waals surface area contributed by atoms with Crippen molar-refractivity contribution in [2.24, 2.45) is 5.92 Å². The van der Waals surface area contributed by atoms with Crippen molar-refractivity contribution in [1.29, 1.82) is 0 Å². The molecule has 1 N–H and O–H groups in total. The number of methoxy groups -OCH3 is 2. The Morgan fingerprint density at radius 2 is 1.48 bits per heavy atom. The highest BCUT2D eigenvalue weighted by molar-refractivity contribution is 6.23. The number of benzene rings is 1. The molecule has 0 radical (unpaired) electrons. The molecule has 0 atom stereocenters. The highest BCUT2D eigenvalue weighted by Gasteiger charge is 2.37. The SMILES string of the molecule is COC1=C(OC)C(=O)C2=C(CCC(CCOc3ccc(C(=O)O)cc3)CC2)C1=O. The third kappa shape index (κ3) is 4.34. The van der Waals surface area contributed by atoms with Crippen molar-refractivity contribution in [1.82, 2.24) is 0 Å². The largest absolute Gasteiger partial charge is 0.494 e. The Bertz CT molecular complexity index is 837. The number of carbonyl (C=O) groups is 3. The Morgan fingerprint density at radius 1 is 0.966 bits per heavy atom. The zero-order valence-corrected chi connectivity index (χ0v) is 16.5. The van der Waals surface area contributed by atoms with Gasteiger partial charge in [-0.2, -0.15) is 0 Å². The second-order valence-corrected chi connectivity index (χ2v) is 7.09. The first-order chi connectivity index (χ1) is 14.0. The molecule has 154 valence electrons. The fraction of sp³-hybridized carbons (Fsp3) is 0.409. The van der Waals surface area contributed by atoms with Gasteiger partial charge >= 0.3 is 5.97 Å². The van der Waals surface area contributed by atoms with Crippen LogP contribution in [-0.2, 0) is 19.1 Å². The molecule has 7 heteroatoms. The molecule has 1 aromatic rings. The Kier molecular flexibility index (Phi) is 6.36. The van der Waals surface area contributed by atoms with Gasteiger partial charge in [-0.15, -0.1) is 0 Å². The number of carbonyl (C=O) groups excluding carboxylic acids is 2. The van der Waals surface area contributed by atoms with Gasteiger partial charge in [-0.25, -0.2) is 4.79 Å². The molecule has 0 unspecified atom stereocenters. The van der Waals surface area contributed by atoms with Crippen LogP contribution in [0.25, 0.3) is 0 Å². The molecule has 3 rings (SSSR count). The minimum atomic E-state index is -0.974. The summed E-state index contributed by atoms with van der Waals surface area (Å²) in [5, 5.41) is 8.93. The Labute approximate surface area is 168 Å². The fourth-order valence-electron chi connectivity index (χ4n) is 3.82. The van der Waals surface area contributed by atoms with E-state index in [-0.39, 0.29) is 28.6 Å². The molecule has 1 aromatic carbocycles. The van der Waals surface area contributed by atoms with Crippen molar-refractivity contribution in [2.45, 2.75) is 32.1 Å². The molecular formula is C22H24O7. The number of carboxylic acid groups (broad SMARTS) is 1. The number of Topliss-reactive ketones (excluding diaryl/α,β-unsaturated/α-hetero) is 2. The van der Waals surface area contributed by atoms with Crippen LogP contribution in [0.1, 0.15) is 42.5 Å². The van der Waals surface area contributed by atoms with Crippen LogP contribution in [0.3, 0.4) is 0 Å². The van der Waals surface area contributed by atoms with Crippen LogP contribution in [0.15, 0.2) is 46.9 Å². The first kappa shape index (κ1) is 20.6. The summed E-state index contributed by atoms with van der Waals surface area (Å²) in [5.41, 5.74) is 1.30. The Morgan fingerprint density at radius 3 is 1.93 bits per heavy atom. The van der Waals surface area contributed by atoms with E-state index in [1.807, 2.05) is 0 Å². The summed E-state index contributed by atoms with van der Waals surface area (Å²) >= 11 is 0. The first-order valence-electron chi connectivity index (χ1n) is 9.56. The van der Waals surface area contributed by atoms with Crippen molar-refractivity contribution in [3.63, 3.8) is 0 Å². The molecule has 0 spiro atoms. The molecule has 0 bridgehead atoms. The van der Waals surface area contributed by atoms with Gasteiger partial charge in [0.15, 0.2) is 0 Å². The smallest absolute Gasteiger partial charge is 0.335 e. The summed E-state index contributed by atoms with van der Waals surface area (Å²) < 4.78 is 16.0. The van der Waals surface area contributed by atoms with Gasteiger partial charge in [0, 0.05) is 11.1 Å². The standard InChI is InChI=1S/C22H24O7/c1-27-20-18(23)16-9-3-13(4-10-17(16)19(24)21(20)28-2)11-12-29-15-7-5-14(6-8-15)22(25)26/h5-8,13H,3-4,9-12H2,1-2H3,(H,25,26). The first-order valence-corrected chi connectivity index (χ1v) is 9.56. The fourth-order valence-corrected chi connectivity index (χ4v) is 3.82. The van der Waals surface area contributed by atoms with Gasteiger partial charge in [0.1, 0.15) is 5.75 Å². The molecular weight excluding hydrogens is 376 g/mol. The number of ketones is 2. The highest BCUT2D eigenvalue weighted by Crippen LogP contribution is 2.36. The number of ether oxygens (including phenoxy) is 3. The summed E-state index contributed by atoms with van der Waals surface area (Å²) in [6.45, 7) is 0.481. The number of hydrogen-bond donors (Lipinski definition) is 1. The van der Waals surface area contributed by atoms with Crippen molar-refractivity contribution >= 4 is 17.5 Å². The van der Waals surface area contributed by atoms with Crippen LogP contribution in [0.5, 0.6) is 5.75 Å². The number of rotatable bonds is 7. The third-order valence-electron chi connectivity index (χ3n) is 5.44. The van der Waals surface area contributed by atoms with E-state index in [0.29, 0.717) is 42.3 Å². The topological polar surface area (TPSA) is 99.1 Å². The summed E-state index contributed by atoms with van der Waals surface area (Å²) in [6.07, 6.45) is 3.42. The Hall–Kier alpha value is -3.09. The lowest BCUT2D eigenvalue weighted by Crippen LogP contribution is -2.25. The van der Waals surface area contributed by atoms with Crippen LogP contribution in [0.4, 0.5) is 0 Å². The predicted molar refractivity (Wildman–Crippen MR) is 104 cm³/mol. The van der Waals surface area contributed by atoms with Gasteiger partial charge in [0.05, 0.1) is 26.4 Å². The molecule has 0 aromatic heterocycles. The van der Waals surface area contributed by atoms with Crippen molar-refractivity contribution in [3.05, 3.63) is 52.5 Å². The third-order valence-corrected chi connectivity index (χ3v) is 5.44. The maximum atomic E-state index is 12.7. The predicted octanol–water partition coefficient (Wildman–Crippen LogP) is 3.30. The molecule has 2 aliphatic rings. The van der Waals surface area contributed by atoms with E-state index in [2.05, 4.69) is 0 Å². The zero-order valence-electron chi connectivity index (χ0n) is 16.5. The maximum Gasteiger partial charge on any atom is 0.335 e. The lowest BCUT2D eigenvalue weighted by molar-refractivity contribution is -0.121. The van der Waals surface area contributed by atoms with Crippen LogP contribution in [0.2, 0.25) is 0 Å². The summed E-state index contributed by atoms with van der Waals surface area (Å²) in [7, 11) is 2.73. The van der Waals surface area contributed by atoms with Crippen molar-refractivity contribution < 1.29 is 33.7 Å². The van der Waals surface area contributed by atoms with Gasteiger partial charge in [0.25, 0.3) is 0 Å². The van der Waals surface area contributed by atoms with E-state index in [9.17, 15) is 14.4 Å². The average Bonchev–Trinajstić information content (AvgIpc) is 2.94. The molecule has 0 aliphatic heterocycles. The van der Waals surface area contributed by atoms with Crippen LogP contribution in [0, 0.1) is 5.92 Å². The number of aromatic carboxylic acids is 1. The second kappa shape index (κ2) is 8.94. The van der Waals surface area contributed by atoms with Gasteiger partial charge in [-0.1, -0.05) is 0 Å². The van der Waals surface area contributed by atoms with Crippen LogP contribution >= 0.6 is 0 Å². The normalized spacial score (nSPS) is 17.7. The molecule has 2 aliphatic carbocycles. The van der Waals surface area contributed by atoms with Gasteiger partial charge in [-0.05, 0) is 62.3 Å². The van der Waals surface area contributed by atoms with E-state index in [1.165, 1.54) is 26.4 Å². The van der Waals surface area contributed by atoms with Crippen LogP contribution < -0.4 is 4.74 Å². The lowest BCUT2D eigenvalue weighted by atomic mass is 9.89. The van der Waals surface area contributed by atoms with E-state index in [0.717, 1.165) is 19.3 Å². The minimum absolute atomic E-state index is 0.0113. The van der Waals surface area contributed by atoms with Gasteiger partial charge in [0.2, 0.25) is 23.1 Å². The van der Waals surface area contributed by atoms with Gasteiger partial charge < -0.3 is 19.3 Å². The molecule has 7 nitrogen and oxygen atoms in total. The number of carboxylic acids is 1. The van der Waals surface area contributed by atoms with E-state index in [1.54, 1.807) is 12.1 Å². The zero-order chi connectivity index (χ0) is 21.0. The highest BCUT2D eigenvalue weighted by atomic mass is 16.5. The van der Waals surface area contributed by atoms with E-state index < -0.39 is 5.97 Å². The molecule has 0 heterocycles. The summed E-state index contributed by atoms with van der Waals surface area (Å²) in [6, 6.07) is 6.29. The number of allylic oxidation sites excluding steroid dienone is 2. The molecule has 29 heavy (non-hydrogen) atoms. The quantitative estimate of drug-likeness (QED) is 0.701. The Balaban J connectivity index is 1.57. The summed E-state index contributed by atoms with van der Waals surface area (Å²) in [5.74, 6) is -0.575. The number of hydrogen-bond acceptors (Lipinski definition) is 6. The molecule has 0 fully saturated rings. The van der Waals surface area contributed by atoms with Gasteiger partial charge in [-0.3, -0.25) is 9.59 Å². The minimum Gasteiger partial charge on any atom is -0.494 e. The summed E-state index contributed by atoms with van der Waals surface area (Å²) in [4.78, 5) is 36.3. The van der Waals surface area contributed by atoms with Crippen molar-refractivity contribution in [2.75, 3.05) is 20.8 Å². The average molecular weight is 400 g/mol. The van der Waals surface area contributed by atoms with E-state index in [4.69, 9.17) is 19.3 Å². The lowest BCUT2D eigenvalue weighted by Gasteiger charge is -2.20. The molecule has 0 amide bonds. The molecule has 0 saturated heterocycles. The van der Waals surface area contributed by atoms with E-state index >= 15 is 0 Å². The van der Waals surface area contributed by atoms with Crippen LogP contribution in [-0.4, -0.2) is 43.5 Å². The molecule has 0 saturated carbocycles. The van der Waals surface area contributed by atoms with Crippen molar-refractivity contribution in [3.8, 4) is 5.75 Å². The maximum absolute atomic E-state index is 12.7.